The molecule has 0 radical (unpaired) electrons. The summed E-state index contributed by atoms with van der Waals surface area (Å²) >= 11 is 9.40. The summed E-state index contributed by atoms with van der Waals surface area (Å²) in [6.45, 7) is -0.132. The van der Waals surface area contributed by atoms with E-state index >= 15 is 0 Å². The Morgan fingerprint density at radius 2 is 1.85 bits per heavy atom. The van der Waals surface area contributed by atoms with Crippen LogP contribution >= 0.6 is 27.5 Å². The largest absolute Gasteiger partial charge is 0.493 e. The van der Waals surface area contributed by atoms with Crippen LogP contribution in [0.3, 0.4) is 0 Å². The van der Waals surface area contributed by atoms with Gasteiger partial charge in [0.15, 0.2) is 11.5 Å². The molecule has 0 saturated carbocycles. The summed E-state index contributed by atoms with van der Waals surface area (Å²) < 4.78 is 38.4. The fourth-order valence-corrected chi connectivity index (χ4v) is 3.50. The Morgan fingerprint density at radius 3 is 2.53 bits per heavy atom. The molecular formula is C23H17BrClF2N3O4. The maximum Gasteiger partial charge on any atom is 0.329 e. The minimum Gasteiger partial charge on any atom is -0.493 e. The molecule has 176 valence electrons. The molecule has 0 aliphatic heterocycles. The number of methoxy groups -OCH3 is 1. The van der Waals surface area contributed by atoms with Crippen molar-refractivity contribution >= 4 is 51.2 Å². The second-order valence-corrected chi connectivity index (χ2v) is 7.94. The highest BCUT2D eigenvalue weighted by molar-refractivity contribution is 9.10. The predicted octanol–water partition coefficient (Wildman–Crippen LogP) is 5.06. The number of hydrazone groups is 1. The van der Waals surface area contributed by atoms with Gasteiger partial charge in [0.1, 0.15) is 18.2 Å². The maximum absolute atomic E-state index is 14.0. The SMILES string of the molecule is COc1cc(C=NNC(=O)C(=O)Nc2ccc(F)cc2)cc(Br)c1OCc1c(F)cccc1Cl. The highest BCUT2D eigenvalue weighted by Crippen LogP contribution is 2.37. The van der Waals surface area contributed by atoms with Gasteiger partial charge < -0.3 is 14.8 Å². The van der Waals surface area contributed by atoms with Crippen molar-refractivity contribution < 1.29 is 27.8 Å². The van der Waals surface area contributed by atoms with E-state index in [0.29, 0.717) is 21.5 Å². The van der Waals surface area contributed by atoms with Crippen molar-refractivity contribution in [3.05, 3.63) is 86.9 Å². The first-order valence-electron chi connectivity index (χ1n) is 9.61. The van der Waals surface area contributed by atoms with E-state index in [4.69, 9.17) is 21.1 Å². The van der Waals surface area contributed by atoms with E-state index in [2.05, 4.69) is 31.8 Å². The lowest BCUT2D eigenvalue weighted by atomic mass is 10.2. The zero-order valence-corrected chi connectivity index (χ0v) is 19.9. The van der Waals surface area contributed by atoms with Crippen molar-refractivity contribution in [2.24, 2.45) is 5.10 Å². The second-order valence-electron chi connectivity index (χ2n) is 6.68. The molecule has 0 heterocycles. The van der Waals surface area contributed by atoms with E-state index in [9.17, 15) is 18.4 Å². The van der Waals surface area contributed by atoms with Crippen LogP contribution in [0.2, 0.25) is 5.02 Å². The number of hydrogen-bond donors (Lipinski definition) is 2. The molecule has 0 aliphatic carbocycles. The Labute approximate surface area is 206 Å². The Kier molecular flexibility index (Phi) is 8.55. The topological polar surface area (TPSA) is 89.0 Å². The number of nitrogens with zero attached hydrogens (tertiary/aromatic N) is 1. The van der Waals surface area contributed by atoms with Gasteiger partial charge in [0.05, 0.1) is 22.8 Å². The molecule has 0 bridgehead atoms. The number of nitrogens with one attached hydrogen (secondary N) is 2. The standard InChI is InChI=1S/C23H17BrClF2N3O4/c1-33-20-10-13(9-17(24)21(20)34-12-16-18(25)3-2-4-19(16)27)11-28-30-23(32)22(31)29-15-7-5-14(26)6-8-15/h2-11H,12H2,1H3,(H,29,31)(H,30,32). The van der Waals surface area contributed by atoms with Crippen LogP contribution in [-0.4, -0.2) is 25.1 Å². The summed E-state index contributed by atoms with van der Waals surface area (Å²) in [4.78, 5) is 23.8. The number of anilines is 1. The minimum atomic E-state index is -1.02. The highest BCUT2D eigenvalue weighted by atomic mass is 79.9. The molecule has 3 aromatic rings. The third-order valence-corrected chi connectivity index (χ3v) is 5.31. The normalized spacial score (nSPS) is 10.7. The molecule has 2 N–H and O–H groups in total. The Hall–Kier alpha value is -3.50. The predicted molar refractivity (Wildman–Crippen MR) is 127 cm³/mol. The van der Waals surface area contributed by atoms with Crippen molar-refractivity contribution in [1.82, 2.24) is 5.43 Å². The van der Waals surface area contributed by atoms with Gasteiger partial charge in [-0.2, -0.15) is 5.10 Å². The third-order valence-electron chi connectivity index (χ3n) is 4.36. The fourth-order valence-electron chi connectivity index (χ4n) is 2.71. The van der Waals surface area contributed by atoms with Crippen LogP contribution in [0.5, 0.6) is 11.5 Å². The minimum absolute atomic E-state index is 0.132. The Morgan fingerprint density at radius 1 is 1.12 bits per heavy atom. The molecule has 11 heteroatoms. The van der Waals surface area contributed by atoms with E-state index in [1.165, 1.54) is 37.6 Å². The lowest BCUT2D eigenvalue weighted by Gasteiger charge is -2.14. The van der Waals surface area contributed by atoms with Crippen molar-refractivity contribution in [3.63, 3.8) is 0 Å². The van der Waals surface area contributed by atoms with Crippen molar-refractivity contribution in [2.45, 2.75) is 6.61 Å². The van der Waals surface area contributed by atoms with E-state index in [1.54, 1.807) is 18.2 Å². The van der Waals surface area contributed by atoms with Gasteiger partial charge >= 0.3 is 11.8 Å². The van der Waals surface area contributed by atoms with Crippen LogP contribution in [0.1, 0.15) is 11.1 Å². The molecule has 0 saturated heterocycles. The second kappa shape index (κ2) is 11.6. The third kappa shape index (κ3) is 6.52. The van der Waals surface area contributed by atoms with Gasteiger partial charge in [0, 0.05) is 11.3 Å². The van der Waals surface area contributed by atoms with Crippen molar-refractivity contribution in [3.8, 4) is 11.5 Å². The molecule has 34 heavy (non-hydrogen) atoms. The van der Waals surface area contributed by atoms with Crippen LogP contribution in [0.4, 0.5) is 14.5 Å². The molecule has 2 amide bonds. The summed E-state index contributed by atoms with van der Waals surface area (Å²) in [6, 6.07) is 12.5. The van der Waals surface area contributed by atoms with E-state index in [0.717, 1.165) is 12.1 Å². The fraction of sp³-hybridized carbons (Fsp3) is 0.0870. The Balaban J connectivity index is 1.64. The van der Waals surface area contributed by atoms with E-state index in [-0.39, 0.29) is 22.9 Å². The number of halogens is 4. The zero-order chi connectivity index (χ0) is 24.7. The highest BCUT2D eigenvalue weighted by Gasteiger charge is 2.15. The van der Waals surface area contributed by atoms with Crippen LogP contribution in [-0.2, 0) is 16.2 Å². The number of amides is 2. The summed E-state index contributed by atoms with van der Waals surface area (Å²) in [7, 11) is 1.42. The lowest BCUT2D eigenvalue weighted by Crippen LogP contribution is -2.32. The first-order chi connectivity index (χ1) is 16.3. The number of ether oxygens (including phenoxy) is 2. The first-order valence-corrected chi connectivity index (χ1v) is 10.8. The average molecular weight is 553 g/mol. The molecule has 3 aromatic carbocycles. The molecule has 0 atom stereocenters. The molecule has 7 nitrogen and oxygen atoms in total. The van der Waals surface area contributed by atoms with Gasteiger partial charge in [-0.1, -0.05) is 17.7 Å². The quantitative estimate of drug-likeness (QED) is 0.244. The number of carbonyl (C=O) groups excluding carboxylic acids is 2. The summed E-state index contributed by atoms with van der Waals surface area (Å²) in [5, 5.41) is 6.30. The summed E-state index contributed by atoms with van der Waals surface area (Å²) in [5.74, 6) is -2.34. The van der Waals surface area contributed by atoms with Crippen LogP contribution in [0, 0.1) is 11.6 Å². The summed E-state index contributed by atoms with van der Waals surface area (Å²) in [5.41, 5.74) is 3.05. The van der Waals surface area contributed by atoms with Crippen LogP contribution in [0.25, 0.3) is 0 Å². The number of carbonyl (C=O) groups is 2. The average Bonchev–Trinajstić information content (AvgIpc) is 2.80. The van der Waals surface area contributed by atoms with E-state index < -0.39 is 23.4 Å². The van der Waals surface area contributed by atoms with Gasteiger partial charge in [-0.25, -0.2) is 14.2 Å². The maximum atomic E-state index is 14.0. The number of benzene rings is 3. The molecule has 3 rings (SSSR count). The van der Waals surface area contributed by atoms with Crippen LogP contribution < -0.4 is 20.2 Å². The molecule has 0 unspecified atom stereocenters. The van der Waals surface area contributed by atoms with Gasteiger partial charge in [0.25, 0.3) is 0 Å². The molecule has 0 aromatic heterocycles. The number of rotatable bonds is 7. The summed E-state index contributed by atoms with van der Waals surface area (Å²) in [6.07, 6.45) is 1.29. The lowest BCUT2D eigenvalue weighted by molar-refractivity contribution is -0.136. The Bertz CT molecular complexity index is 1220. The first kappa shape index (κ1) is 25.1. The van der Waals surface area contributed by atoms with Gasteiger partial charge in [-0.15, -0.1) is 0 Å². The monoisotopic (exact) mass is 551 g/mol. The molecule has 0 fully saturated rings. The van der Waals surface area contributed by atoms with Gasteiger partial charge in [0.2, 0.25) is 0 Å². The van der Waals surface area contributed by atoms with Gasteiger partial charge in [-0.05, 0) is 70.0 Å². The van der Waals surface area contributed by atoms with Crippen molar-refractivity contribution in [2.75, 3.05) is 12.4 Å². The molecule has 0 spiro atoms. The van der Waals surface area contributed by atoms with Gasteiger partial charge in [-0.3, -0.25) is 9.59 Å². The van der Waals surface area contributed by atoms with Crippen molar-refractivity contribution in [1.29, 1.82) is 0 Å². The smallest absolute Gasteiger partial charge is 0.329 e. The van der Waals surface area contributed by atoms with Crippen LogP contribution in [0.15, 0.2) is 64.2 Å². The number of hydrogen-bond acceptors (Lipinski definition) is 5. The molecular weight excluding hydrogens is 536 g/mol. The molecule has 0 aliphatic rings. The zero-order valence-electron chi connectivity index (χ0n) is 17.6. The van der Waals surface area contributed by atoms with E-state index in [1.807, 2.05) is 0 Å².